The monoisotopic (exact) mass is 497 g/mol. The molecular formula is C30H22F3N3O. The first-order chi connectivity index (χ1) is 17.7. The first-order valence-electron chi connectivity index (χ1n) is 11.4. The molecule has 0 radical (unpaired) electrons. The van der Waals surface area contributed by atoms with E-state index in [1.165, 1.54) is 12.1 Å². The van der Waals surface area contributed by atoms with E-state index in [1.54, 1.807) is 12.1 Å². The molecule has 5 aromatic rings. The lowest BCUT2D eigenvalue weighted by Gasteiger charge is -2.12. The minimum atomic E-state index is -4.39. The Bertz CT molecular complexity index is 1450. The quantitative estimate of drug-likeness (QED) is 0.241. The number of anilines is 2. The van der Waals surface area contributed by atoms with Gasteiger partial charge in [-0.15, -0.1) is 0 Å². The number of aromatic nitrogens is 1. The summed E-state index contributed by atoms with van der Waals surface area (Å²) in [4.78, 5) is 4.87. The Kier molecular flexibility index (Phi) is 6.27. The predicted molar refractivity (Wildman–Crippen MR) is 141 cm³/mol. The third kappa shape index (κ3) is 5.56. The summed E-state index contributed by atoms with van der Waals surface area (Å²) in [7, 11) is 0. The van der Waals surface area contributed by atoms with Crippen molar-refractivity contribution in [1.29, 1.82) is 0 Å². The maximum Gasteiger partial charge on any atom is 0.416 e. The molecule has 5 rings (SSSR count). The van der Waals surface area contributed by atoms with Crippen molar-refractivity contribution in [3.8, 4) is 45.1 Å². The van der Waals surface area contributed by atoms with Crippen LogP contribution in [0, 0.1) is 0 Å². The molecule has 0 fully saturated rings. The smallest absolute Gasteiger partial charge is 0.416 e. The second-order valence-electron chi connectivity index (χ2n) is 8.52. The normalized spacial score (nSPS) is 11.3. The van der Waals surface area contributed by atoms with E-state index in [0.29, 0.717) is 22.9 Å². The van der Waals surface area contributed by atoms with E-state index in [4.69, 9.17) is 21.2 Å². The number of hydrogen-bond acceptors (Lipinski definition) is 4. The average molecular weight is 498 g/mol. The maximum atomic E-state index is 12.8. The summed E-state index contributed by atoms with van der Waals surface area (Å²) in [5.41, 5.74) is 17.6. The molecule has 0 atom stereocenters. The molecule has 0 saturated heterocycles. The molecule has 0 aliphatic carbocycles. The fourth-order valence-corrected chi connectivity index (χ4v) is 3.86. The molecule has 0 spiro atoms. The molecule has 0 aliphatic rings. The van der Waals surface area contributed by atoms with Crippen molar-refractivity contribution in [2.75, 3.05) is 11.5 Å². The average Bonchev–Trinajstić information content (AvgIpc) is 2.89. The highest BCUT2D eigenvalue weighted by Gasteiger charge is 2.30. The van der Waals surface area contributed by atoms with Crippen molar-refractivity contribution >= 4 is 11.4 Å². The van der Waals surface area contributed by atoms with Gasteiger partial charge >= 0.3 is 6.18 Å². The topological polar surface area (TPSA) is 74.2 Å². The van der Waals surface area contributed by atoms with Crippen molar-refractivity contribution in [2.24, 2.45) is 0 Å². The number of ether oxygens (including phenoxy) is 1. The molecule has 4 aromatic carbocycles. The van der Waals surface area contributed by atoms with Crippen LogP contribution in [0.25, 0.3) is 33.6 Å². The highest BCUT2D eigenvalue weighted by Crippen LogP contribution is 2.34. The highest BCUT2D eigenvalue weighted by atomic mass is 19.4. The van der Waals surface area contributed by atoms with Crippen LogP contribution in [0.3, 0.4) is 0 Å². The molecule has 0 saturated carbocycles. The van der Waals surface area contributed by atoms with Gasteiger partial charge in [0.25, 0.3) is 0 Å². The van der Waals surface area contributed by atoms with Gasteiger partial charge in [-0.05, 0) is 83.9 Å². The van der Waals surface area contributed by atoms with Crippen LogP contribution in [-0.2, 0) is 6.18 Å². The first kappa shape index (κ1) is 23.9. The van der Waals surface area contributed by atoms with Crippen molar-refractivity contribution in [3.05, 3.63) is 115 Å². The Balaban J connectivity index is 1.47. The molecule has 7 heteroatoms. The van der Waals surface area contributed by atoms with Crippen LogP contribution in [0.15, 0.2) is 109 Å². The van der Waals surface area contributed by atoms with E-state index in [9.17, 15) is 13.2 Å². The van der Waals surface area contributed by atoms with E-state index in [2.05, 4.69) is 0 Å². The van der Waals surface area contributed by atoms with Crippen LogP contribution in [0.5, 0.6) is 11.5 Å². The third-order valence-corrected chi connectivity index (χ3v) is 5.84. The van der Waals surface area contributed by atoms with Crippen LogP contribution >= 0.6 is 0 Å². The zero-order valence-corrected chi connectivity index (χ0v) is 19.5. The molecular weight excluding hydrogens is 475 g/mol. The number of alkyl halides is 3. The Labute approximate surface area is 212 Å². The summed E-state index contributed by atoms with van der Waals surface area (Å²) < 4.78 is 44.2. The number of pyridine rings is 1. The van der Waals surface area contributed by atoms with E-state index in [-0.39, 0.29) is 0 Å². The number of benzene rings is 4. The lowest BCUT2D eigenvalue weighted by Crippen LogP contribution is -2.03. The summed E-state index contributed by atoms with van der Waals surface area (Å²) in [5.74, 6) is 0.830. The minimum Gasteiger partial charge on any atom is -0.457 e. The van der Waals surface area contributed by atoms with Crippen LogP contribution in [0.4, 0.5) is 24.5 Å². The van der Waals surface area contributed by atoms with Gasteiger partial charge in [-0.3, -0.25) is 0 Å². The molecule has 4 N–H and O–H groups in total. The first-order valence-corrected chi connectivity index (χ1v) is 11.4. The van der Waals surface area contributed by atoms with E-state index >= 15 is 0 Å². The number of halogens is 3. The van der Waals surface area contributed by atoms with Crippen molar-refractivity contribution in [2.45, 2.75) is 6.18 Å². The van der Waals surface area contributed by atoms with Crippen LogP contribution in [-0.4, -0.2) is 4.98 Å². The summed E-state index contributed by atoms with van der Waals surface area (Å²) in [5, 5.41) is 0. The zero-order chi connectivity index (χ0) is 26.0. The number of nitrogen functional groups attached to an aromatic ring is 2. The molecule has 1 aromatic heterocycles. The summed E-state index contributed by atoms with van der Waals surface area (Å²) in [6, 6.07) is 31.0. The second kappa shape index (κ2) is 9.70. The summed E-state index contributed by atoms with van der Waals surface area (Å²) in [6.07, 6.45) is -4.39. The van der Waals surface area contributed by atoms with Crippen LogP contribution in [0.2, 0.25) is 0 Å². The number of hydrogen-bond donors (Lipinski definition) is 2. The molecule has 0 aliphatic heterocycles. The van der Waals surface area contributed by atoms with Gasteiger partial charge in [0.15, 0.2) is 0 Å². The Morgan fingerprint density at radius 2 is 0.919 bits per heavy atom. The van der Waals surface area contributed by atoms with Crippen molar-refractivity contribution < 1.29 is 17.9 Å². The lowest BCUT2D eigenvalue weighted by molar-refractivity contribution is -0.137. The summed E-state index contributed by atoms with van der Waals surface area (Å²) >= 11 is 0. The fourth-order valence-electron chi connectivity index (χ4n) is 3.86. The Morgan fingerprint density at radius 1 is 0.514 bits per heavy atom. The van der Waals surface area contributed by atoms with E-state index < -0.39 is 11.7 Å². The standard InChI is InChI=1S/C30H22F3N3O/c31-30(32,33)23-7-15-27(16-8-23)37-26-13-5-19(6-14-26)22-17-28(20-1-9-24(34)10-2-20)36-29(18-22)21-3-11-25(35)12-4-21/h1-18H,34-35H2. The predicted octanol–water partition coefficient (Wildman–Crippen LogP) is 8.06. The molecule has 0 unspecified atom stereocenters. The van der Waals surface area contributed by atoms with E-state index in [0.717, 1.165) is 45.8 Å². The van der Waals surface area contributed by atoms with Gasteiger partial charge < -0.3 is 16.2 Å². The van der Waals surface area contributed by atoms with Crippen LogP contribution in [0.1, 0.15) is 5.56 Å². The number of nitrogens with zero attached hydrogens (tertiary/aromatic N) is 1. The largest absolute Gasteiger partial charge is 0.457 e. The van der Waals surface area contributed by atoms with Crippen molar-refractivity contribution in [3.63, 3.8) is 0 Å². The fraction of sp³-hybridized carbons (Fsp3) is 0.0333. The molecule has 0 amide bonds. The Hall–Kier alpha value is -4.78. The van der Waals surface area contributed by atoms with Gasteiger partial charge in [-0.25, -0.2) is 4.98 Å². The number of nitrogens with two attached hydrogens (primary N) is 2. The molecule has 184 valence electrons. The zero-order valence-electron chi connectivity index (χ0n) is 19.5. The van der Waals surface area contributed by atoms with Gasteiger partial charge in [0, 0.05) is 22.5 Å². The molecule has 0 bridgehead atoms. The minimum absolute atomic E-state index is 0.320. The van der Waals surface area contributed by atoms with Gasteiger partial charge in [0.1, 0.15) is 11.5 Å². The number of rotatable bonds is 5. The molecule has 1 heterocycles. The van der Waals surface area contributed by atoms with Gasteiger partial charge in [0.2, 0.25) is 0 Å². The van der Waals surface area contributed by atoms with Gasteiger partial charge in [-0.1, -0.05) is 36.4 Å². The Morgan fingerprint density at radius 3 is 1.35 bits per heavy atom. The highest BCUT2D eigenvalue weighted by molar-refractivity contribution is 5.77. The SMILES string of the molecule is Nc1ccc(-c2cc(-c3ccc(Oc4ccc(C(F)(F)F)cc4)cc3)cc(-c3ccc(N)cc3)n2)cc1. The van der Waals surface area contributed by atoms with Crippen molar-refractivity contribution in [1.82, 2.24) is 4.98 Å². The van der Waals surface area contributed by atoms with Crippen LogP contribution < -0.4 is 16.2 Å². The lowest BCUT2D eigenvalue weighted by atomic mass is 9.99. The molecule has 4 nitrogen and oxygen atoms in total. The third-order valence-electron chi connectivity index (χ3n) is 5.84. The summed E-state index contributed by atoms with van der Waals surface area (Å²) in [6.45, 7) is 0. The van der Waals surface area contributed by atoms with Gasteiger partial charge in [-0.2, -0.15) is 13.2 Å². The van der Waals surface area contributed by atoms with Gasteiger partial charge in [0.05, 0.1) is 17.0 Å². The molecule has 37 heavy (non-hydrogen) atoms. The van der Waals surface area contributed by atoms with E-state index in [1.807, 2.05) is 72.8 Å². The second-order valence-corrected chi connectivity index (χ2v) is 8.52. The maximum absolute atomic E-state index is 12.8.